The molecule has 2 aliphatic rings. The van der Waals surface area contributed by atoms with E-state index in [4.69, 9.17) is 4.74 Å². The van der Waals surface area contributed by atoms with Gasteiger partial charge in [-0.3, -0.25) is 4.90 Å². The molecule has 0 unspecified atom stereocenters. The van der Waals surface area contributed by atoms with Gasteiger partial charge in [0, 0.05) is 12.6 Å². The number of nitrogens with zero attached hydrogens (tertiary/aromatic N) is 1. The normalized spacial score (nSPS) is 33.5. The Bertz CT molecular complexity index is 169. The third-order valence-electron chi connectivity index (χ3n) is 3.24. The summed E-state index contributed by atoms with van der Waals surface area (Å²) >= 11 is 0. The molecule has 13 heavy (non-hydrogen) atoms. The van der Waals surface area contributed by atoms with Crippen molar-refractivity contribution in [1.29, 1.82) is 0 Å². The molecule has 2 atom stereocenters. The first kappa shape index (κ1) is 9.47. The maximum absolute atomic E-state index is 5.57. The van der Waals surface area contributed by atoms with Crippen LogP contribution < -0.4 is 0 Å². The van der Waals surface area contributed by atoms with Gasteiger partial charge in [-0.25, -0.2) is 0 Å². The molecular formula is C11H21NO. The summed E-state index contributed by atoms with van der Waals surface area (Å²) in [6.07, 6.45) is 4.60. The van der Waals surface area contributed by atoms with Crippen LogP contribution in [0.15, 0.2) is 0 Å². The summed E-state index contributed by atoms with van der Waals surface area (Å²) in [5.41, 5.74) is 0. The Morgan fingerprint density at radius 2 is 2.31 bits per heavy atom. The predicted octanol–water partition coefficient (Wildman–Crippen LogP) is 1.90. The number of fused-ring (bicyclic) bond motifs is 2. The van der Waals surface area contributed by atoms with Crippen molar-refractivity contribution in [3.63, 3.8) is 0 Å². The lowest BCUT2D eigenvalue weighted by molar-refractivity contribution is 0.0297. The fourth-order valence-electron chi connectivity index (χ4n) is 2.46. The van der Waals surface area contributed by atoms with Crippen LogP contribution in [0.3, 0.4) is 0 Å². The van der Waals surface area contributed by atoms with Crippen molar-refractivity contribution in [2.45, 2.75) is 45.3 Å². The van der Waals surface area contributed by atoms with Crippen molar-refractivity contribution in [2.24, 2.45) is 5.92 Å². The molecule has 2 saturated heterocycles. The summed E-state index contributed by atoms with van der Waals surface area (Å²) in [5, 5.41) is 0. The van der Waals surface area contributed by atoms with E-state index in [1.807, 2.05) is 0 Å². The molecule has 0 spiro atoms. The smallest absolute Gasteiger partial charge is 0.0718 e. The number of hydrogen-bond donors (Lipinski definition) is 0. The van der Waals surface area contributed by atoms with Gasteiger partial charge in [-0.15, -0.1) is 0 Å². The minimum Gasteiger partial charge on any atom is -0.375 e. The lowest BCUT2D eigenvalue weighted by Gasteiger charge is -2.26. The van der Waals surface area contributed by atoms with Gasteiger partial charge in [-0.05, 0) is 31.7 Å². The van der Waals surface area contributed by atoms with E-state index in [1.165, 1.54) is 32.4 Å². The molecule has 0 N–H and O–H groups in total. The number of ether oxygens (including phenoxy) is 1. The third-order valence-corrected chi connectivity index (χ3v) is 3.24. The van der Waals surface area contributed by atoms with E-state index < -0.39 is 0 Å². The topological polar surface area (TPSA) is 12.5 Å². The summed E-state index contributed by atoms with van der Waals surface area (Å²) in [6, 6.07) is 0.761. The van der Waals surface area contributed by atoms with Gasteiger partial charge in [0.25, 0.3) is 0 Å². The zero-order chi connectivity index (χ0) is 9.26. The van der Waals surface area contributed by atoms with Crippen LogP contribution in [-0.4, -0.2) is 36.7 Å². The van der Waals surface area contributed by atoms with E-state index in [0.717, 1.165) is 18.6 Å². The summed E-state index contributed by atoms with van der Waals surface area (Å²) in [4.78, 5) is 2.62. The number of likely N-dealkylation sites (tertiary alicyclic amines) is 1. The van der Waals surface area contributed by atoms with Crippen molar-refractivity contribution in [1.82, 2.24) is 4.90 Å². The van der Waals surface area contributed by atoms with E-state index >= 15 is 0 Å². The van der Waals surface area contributed by atoms with E-state index in [1.54, 1.807) is 0 Å². The quantitative estimate of drug-likeness (QED) is 0.660. The summed E-state index contributed by atoms with van der Waals surface area (Å²) in [7, 11) is 0. The average molecular weight is 183 g/mol. The fraction of sp³-hybridized carbons (Fsp3) is 1.00. The zero-order valence-corrected chi connectivity index (χ0v) is 8.83. The Morgan fingerprint density at radius 1 is 1.46 bits per heavy atom. The van der Waals surface area contributed by atoms with Crippen LogP contribution >= 0.6 is 0 Å². The van der Waals surface area contributed by atoms with E-state index in [-0.39, 0.29) is 0 Å². The molecule has 2 bridgehead atoms. The maximum atomic E-state index is 5.57. The van der Waals surface area contributed by atoms with Crippen molar-refractivity contribution in [2.75, 3.05) is 19.7 Å². The van der Waals surface area contributed by atoms with Gasteiger partial charge in [0.1, 0.15) is 0 Å². The molecule has 0 amide bonds. The van der Waals surface area contributed by atoms with Crippen molar-refractivity contribution < 1.29 is 4.74 Å². The minimum atomic E-state index is 0.573. The molecule has 76 valence electrons. The van der Waals surface area contributed by atoms with Crippen LogP contribution in [0.2, 0.25) is 0 Å². The Hall–Kier alpha value is -0.0800. The molecule has 0 saturated carbocycles. The van der Waals surface area contributed by atoms with Crippen molar-refractivity contribution in [3.8, 4) is 0 Å². The van der Waals surface area contributed by atoms with Crippen LogP contribution in [-0.2, 0) is 4.74 Å². The minimum absolute atomic E-state index is 0.573. The summed E-state index contributed by atoms with van der Waals surface area (Å²) < 4.78 is 5.57. The molecule has 0 aromatic heterocycles. The lowest BCUT2D eigenvalue weighted by atomic mass is 10.1. The fourth-order valence-corrected chi connectivity index (χ4v) is 2.46. The van der Waals surface area contributed by atoms with Gasteiger partial charge in [0.2, 0.25) is 0 Å². The maximum Gasteiger partial charge on any atom is 0.0718 e. The molecule has 0 radical (unpaired) electrons. The van der Waals surface area contributed by atoms with Gasteiger partial charge in [-0.2, -0.15) is 0 Å². The second-order valence-electron chi connectivity index (χ2n) is 4.88. The summed E-state index contributed by atoms with van der Waals surface area (Å²) in [5.74, 6) is 0.857. The Morgan fingerprint density at radius 3 is 2.85 bits per heavy atom. The highest BCUT2D eigenvalue weighted by molar-refractivity contribution is 4.91. The summed E-state index contributed by atoms with van der Waals surface area (Å²) in [6.45, 7) is 8.09. The van der Waals surface area contributed by atoms with Crippen LogP contribution in [0, 0.1) is 5.92 Å². The highest BCUT2D eigenvalue weighted by Crippen LogP contribution is 2.27. The number of hydrogen-bond acceptors (Lipinski definition) is 2. The molecule has 2 nitrogen and oxygen atoms in total. The van der Waals surface area contributed by atoms with E-state index in [2.05, 4.69) is 18.7 Å². The average Bonchev–Trinajstić information content (AvgIpc) is 2.64. The molecule has 2 aliphatic heterocycles. The first-order valence-electron chi connectivity index (χ1n) is 5.61. The van der Waals surface area contributed by atoms with Crippen molar-refractivity contribution >= 4 is 0 Å². The van der Waals surface area contributed by atoms with Gasteiger partial charge >= 0.3 is 0 Å². The van der Waals surface area contributed by atoms with E-state index in [0.29, 0.717) is 6.10 Å². The third kappa shape index (κ3) is 2.23. The molecule has 0 aromatic carbocycles. The van der Waals surface area contributed by atoms with Gasteiger partial charge in [0.15, 0.2) is 0 Å². The van der Waals surface area contributed by atoms with Crippen LogP contribution in [0.5, 0.6) is 0 Å². The molecular weight excluding hydrogens is 162 g/mol. The van der Waals surface area contributed by atoms with Gasteiger partial charge in [-0.1, -0.05) is 13.8 Å². The SMILES string of the molecule is CC(C)CCCN1C[C@H]2C[C@@H]1CO2. The highest BCUT2D eigenvalue weighted by Gasteiger charge is 2.38. The Labute approximate surface area is 81.3 Å². The Balaban J connectivity index is 1.66. The van der Waals surface area contributed by atoms with Crippen LogP contribution in [0.1, 0.15) is 33.1 Å². The van der Waals surface area contributed by atoms with Gasteiger partial charge < -0.3 is 4.74 Å². The monoisotopic (exact) mass is 183 g/mol. The second kappa shape index (κ2) is 3.97. The predicted molar refractivity (Wildman–Crippen MR) is 53.8 cm³/mol. The molecule has 2 heteroatoms. The van der Waals surface area contributed by atoms with Crippen molar-refractivity contribution in [3.05, 3.63) is 0 Å². The van der Waals surface area contributed by atoms with Crippen LogP contribution in [0.25, 0.3) is 0 Å². The number of rotatable bonds is 4. The standard InChI is InChI=1S/C11H21NO/c1-9(2)4-3-5-12-7-11-6-10(12)8-13-11/h9-11H,3-8H2,1-2H3/t10-,11-/m1/s1. The second-order valence-corrected chi connectivity index (χ2v) is 4.88. The van der Waals surface area contributed by atoms with Gasteiger partial charge in [0.05, 0.1) is 12.7 Å². The lowest BCUT2D eigenvalue weighted by Crippen LogP contribution is -2.37. The zero-order valence-electron chi connectivity index (χ0n) is 8.83. The number of morpholine rings is 1. The molecule has 2 rings (SSSR count). The molecule has 0 aromatic rings. The Kier molecular flexibility index (Phi) is 2.89. The molecule has 2 heterocycles. The molecule has 0 aliphatic carbocycles. The first-order chi connectivity index (χ1) is 6.25. The highest BCUT2D eigenvalue weighted by atomic mass is 16.5. The molecule has 2 fully saturated rings. The first-order valence-corrected chi connectivity index (χ1v) is 5.61. The van der Waals surface area contributed by atoms with Crippen LogP contribution in [0.4, 0.5) is 0 Å². The largest absolute Gasteiger partial charge is 0.375 e. The van der Waals surface area contributed by atoms with E-state index in [9.17, 15) is 0 Å².